The molecule has 19 aliphatic rings. The lowest BCUT2D eigenvalue weighted by molar-refractivity contribution is -0.396. The maximum Gasteiger partial charge on any atom is 0.187 e. The Morgan fingerprint density at radius 3 is 0.882 bits per heavy atom. The van der Waals surface area contributed by atoms with Crippen LogP contribution in [0.1, 0.15) is 77.0 Å². The smallest absolute Gasteiger partial charge is 0.187 e. The normalized spacial score (nSPS) is 55.3. The summed E-state index contributed by atoms with van der Waals surface area (Å²) in [7, 11) is 0. The Morgan fingerprint density at radius 1 is 0.290 bits per heavy atom. The third kappa shape index (κ3) is 14.4. The maximum absolute atomic E-state index is 12.4. The van der Waals surface area contributed by atoms with Gasteiger partial charge in [0.25, 0.3) is 0 Å². The van der Waals surface area contributed by atoms with Gasteiger partial charge in [0.1, 0.15) is 165 Å². The van der Waals surface area contributed by atoms with Crippen molar-refractivity contribution in [3.05, 3.63) is 0 Å². The fourth-order valence-corrected chi connectivity index (χ4v) is 17.1. The molecule has 34 nitrogen and oxygen atoms in total. The van der Waals surface area contributed by atoms with Crippen LogP contribution < -0.4 is 0 Å². The van der Waals surface area contributed by atoms with E-state index in [0.717, 1.165) is 25.7 Å². The van der Waals surface area contributed by atoms with Crippen LogP contribution in [0.25, 0.3) is 0 Å². The molecule has 15 aliphatic heterocycles. The minimum atomic E-state index is -2.16. The maximum atomic E-state index is 12.4. The molecule has 536 valence electrons. The number of rotatable bonds is 8. The van der Waals surface area contributed by atoms with Crippen LogP contribution in [0, 0.1) is 23.2 Å². The molecule has 19 rings (SSSR count). The molecule has 18 bridgehead atoms. The lowest BCUT2D eigenvalue weighted by atomic mass is 9.49. The van der Waals surface area contributed by atoms with Gasteiger partial charge in [0.15, 0.2) is 44.0 Å². The molecule has 0 amide bonds. The van der Waals surface area contributed by atoms with Crippen molar-refractivity contribution in [2.24, 2.45) is 23.2 Å². The van der Waals surface area contributed by atoms with Crippen LogP contribution in [0.5, 0.6) is 0 Å². The van der Waals surface area contributed by atoms with Crippen LogP contribution in [-0.4, -0.2) is 370 Å². The monoisotopic (exact) mass is 1350 g/mol. The summed E-state index contributed by atoms with van der Waals surface area (Å²) in [6, 6.07) is 0. The number of aliphatic hydroxyl groups excluding tert-OH is 19. The van der Waals surface area contributed by atoms with E-state index < -0.39 is 248 Å². The van der Waals surface area contributed by atoms with Crippen molar-refractivity contribution in [1.29, 1.82) is 0 Å². The summed E-state index contributed by atoms with van der Waals surface area (Å²) in [5.41, 5.74) is 0.0475. The highest BCUT2D eigenvalue weighted by Crippen LogP contribution is 2.61. The zero-order valence-electron chi connectivity index (χ0n) is 51.2. The highest BCUT2D eigenvalue weighted by atomic mass is 16.8. The quantitative estimate of drug-likeness (QED) is 0.107. The predicted molar refractivity (Wildman–Crippen MR) is 299 cm³/mol. The first kappa shape index (κ1) is 71.5. The Hall–Kier alpha value is -1.36. The Kier molecular flexibility index (Phi) is 23.1. The molecule has 15 saturated heterocycles. The summed E-state index contributed by atoms with van der Waals surface area (Å²) in [6.45, 7) is -4.11. The standard InChI is InChI=1S/C59H97NO33/c61-16-26-47-35(70)42(77)56(84-26)93-51-30(20-65)86-58(44(79)37(51)72)92-50-29(19-64)83-55(41(76)34(50)69)88-46-25-15-60(8-6-59-12-21-9-22(13-59)11-23(10-21)14-59)7-4-2-1-3-5-24-45(31(66)38(73)52(80-24)89-47)87-54-40(75)33(68)49(28(18-63)82-54)91-57-43(78)36(71)48(27(17-62)85-57)90-53(81-25)39(74)32(46)67/h21-58,61-79H,1-20H2/t21?,22?,23?,24?,25?,26?,27?,28?,29?,30?,31?,32?,33?,34?,35?,36?,37?,38?,39?,40?,41?,42?,43?,44?,45-,46-,47-,48-,49-,50-,51-,52-,53-,54-,55-,56-,57-,58-,59?/m1/s1. The fraction of sp³-hybridized carbons (Fsp3) is 1.00. The summed E-state index contributed by atoms with van der Waals surface area (Å²) in [4.78, 5) is 2.11. The minimum Gasteiger partial charge on any atom is -0.394 e. The number of hydrogen-bond acceptors (Lipinski definition) is 34. The zero-order valence-corrected chi connectivity index (χ0v) is 51.2. The van der Waals surface area contributed by atoms with Gasteiger partial charge in [0.2, 0.25) is 0 Å². The van der Waals surface area contributed by atoms with Gasteiger partial charge >= 0.3 is 0 Å². The van der Waals surface area contributed by atoms with E-state index in [4.69, 9.17) is 66.3 Å². The van der Waals surface area contributed by atoms with Gasteiger partial charge in [-0.2, -0.15) is 0 Å². The van der Waals surface area contributed by atoms with Gasteiger partial charge < -0.3 is 168 Å². The zero-order chi connectivity index (χ0) is 66.1. The second-order valence-electron chi connectivity index (χ2n) is 28.0. The average molecular weight is 1350 g/mol. The highest BCUT2D eigenvalue weighted by Gasteiger charge is 2.60. The lowest BCUT2D eigenvalue weighted by Gasteiger charge is -2.57. The Morgan fingerprint density at radius 2 is 0.559 bits per heavy atom. The lowest BCUT2D eigenvalue weighted by Crippen LogP contribution is -2.68. The van der Waals surface area contributed by atoms with Gasteiger partial charge in [-0.25, -0.2) is 0 Å². The Balaban J connectivity index is 0.914. The molecule has 4 saturated carbocycles. The first-order chi connectivity index (χ1) is 44.6. The number of hydrogen-bond donors (Lipinski definition) is 19. The van der Waals surface area contributed by atoms with Crippen molar-refractivity contribution in [3.63, 3.8) is 0 Å². The van der Waals surface area contributed by atoms with E-state index in [2.05, 4.69) is 4.90 Å². The third-order valence-electron chi connectivity index (χ3n) is 21.7. The van der Waals surface area contributed by atoms with E-state index in [9.17, 15) is 97.0 Å². The van der Waals surface area contributed by atoms with E-state index in [1.807, 2.05) is 0 Å². The molecular formula is C59H97NO33. The molecule has 4 aliphatic carbocycles. The number of nitrogens with zero attached hydrogens (tertiary/aromatic N) is 1. The van der Waals surface area contributed by atoms with Crippen LogP contribution in [0.3, 0.4) is 0 Å². The molecule has 0 spiro atoms. The fourth-order valence-electron chi connectivity index (χ4n) is 17.1. The molecule has 0 aromatic carbocycles. The molecule has 34 heteroatoms. The summed E-state index contributed by atoms with van der Waals surface area (Å²) >= 11 is 0. The van der Waals surface area contributed by atoms with E-state index in [-0.39, 0.29) is 18.4 Å². The summed E-state index contributed by atoms with van der Waals surface area (Å²) in [5.74, 6) is 1.83. The molecule has 21 unspecified atom stereocenters. The van der Waals surface area contributed by atoms with Crippen molar-refractivity contribution >= 4 is 0 Å². The molecule has 0 aromatic heterocycles. The summed E-state index contributed by atoms with van der Waals surface area (Å²) in [5, 5.41) is 219. The molecule has 19 N–H and O–H groups in total. The third-order valence-corrected chi connectivity index (χ3v) is 21.7. The van der Waals surface area contributed by atoms with Gasteiger partial charge in [0.05, 0.1) is 39.1 Å². The summed E-state index contributed by atoms with van der Waals surface area (Å²) in [6.07, 6.45) is -57.2. The SMILES string of the molecule is OCC1O[C@@H]2O[C@@H]3C(CO)O[C@H](O[C@@H]4C5CN(CCC67CC8CC(CC(C8)C6)C7)CCCCCCC6O[C@H](O[C@@H]7C(CO)O[C@H](O[C@H]1C(O)C2O)C(O)C7O)C(O)C(O)[C@@H]6O[C@H]1OC(CO)[C@@H](O[C@H]2OC(CO)[C@@H](O[C@@H](O5)C(O)C4O)C(O)C2O)C(O)C1O)C(O)C3O. The van der Waals surface area contributed by atoms with E-state index >= 15 is 0 Å². The van der Waals surface area contributed by atoms with E-state index in [1.54, 1.807) is 0 Å². The van der Waals surface area contributed by atoms with Crippen molar-refractivity contribution in [1.82, 2.24) is 4.90 Å². The van der Waals surface area contributed by atoms with E-state index in [1.165, 1.54) is 19.3 Å². The number of ether oxygens (including phenoxy) is 14. The predicted octanol–water partition coefficient (Wildman–Crippen LogP) is -9.34. The average Bonchev–Trinajstić information content (AvgIpc) is 0.784. The van der Waals surface area contributed by atoms with Gasteiger partial charge in [-0.05, 0) is 94.0 Å². The Labute approximate surface area is 534 Å². The van der Waals surface area contributed by atoms with Crippen molar-refractivity contribution < 1.29 is 163 Å². The molecule has 19 fully saturated rings. The second kappa shape index (κ2) is 30.1. The minimum absolute atomic E-state index is 0.0102. The van der Waals surface area contributed by atoms with Crippen LogP contribution in [0.15, 0.2) is 0 Å². The van der Waals surface area contributed by atoms with Gasteiger partial charge in [-0.1, -0.05) is 19.3 Å². The molecular weight excluding hydrogens is 1250 g/mol. The summed E-state index contributed by atoms with van der Waals surface area (Å²) < 4.78 is 85.3. The first-order valence-electron chi connectivity index (χ1n) is 33.0. The molecule has 35 atom stereocenters. The van der Waals surface area contributed by atoms with Gasteiger partial charge in [-0.3, -0.25) is 0 Å². The molecule has 93 heavy (non-hydrogen) atoms. The van der Waals surface area contributed by atoms with Crippen LogP contribution in [0.4, 0.5) is 0 Å². The number of aliphatic hydroxyl groups is 19. The molecule has 0 aromatic rings. The van der Waals surface area contributed by atoms with Crippen molar-refractivity contribution in [2.75, 3.05) is 52.7 Å². The van der Waals surface area contributed by atoms with Crippen LogP contribution >= 0.6 is 0 Å². The topological polar surface area (TPSA) is 517 Å². The van der Waals surface area contributed by atoms with Crippen molar-refractivity contribution in [3.8, 4) is 0 Å². The van der Waals surface area contributed by atoms with Crippen LogP contribution in [0.2, 0.25) is 0 Å². The first-order valence-corrected chi connectivity index (χ1v) is 33.0. The van der Waals surface area contributed by atoms with Crippen LogP contribution in [-0.2, 0) is 66.3 Å². The highest BCUT2D eigenvalue weighted by molar-refractivity contribution is 5.05. The Bertz CT molecular complexity index is 2340. The molecule has 0 radical (unpaired) electrons. The van der Waals surface area contributed by atoms with Crippen molar-refractivity contribution in [2.45, 2.75) is 292 Å². The second-order valence-corrected chi connectivity index (χ2v) is 28.0. The largest absolute Gasteiger partial charge is 0.394 e. The van der Waals surface area contributed by atoms with E-state index in [0.29, 0.717) is 56.5 Å². The number of fused-ring (bicyclic) bond motifs is 3. The molecule has 15 heterocycles. The van der Waals surface area contributed by atoms with Gasteiger partial charge in [-0.15, -0.1) is 0 Å². The van der Waals surface area contributed by atoms with Gasteiger partial charge in [0, 0.05) is 6.54 Å².